The van der Waals surface area contributed by atoms with Gasteiger partial charge in [0.1, 0.15) is 5.82 Å². The molecule has 0 atom stereocenters. The standard InChI is InChI=1S/C30H44N6O2S/c1-5-19-36(20-6-2)39(37,38)26-17-13-24(14-18-26)22-31-21-23-11-15-25(16-12-23)32-30-33-28-10-8-7-9-27(28)29(34-30)35(3)4/h7-10,13-14,17-18,23,25,31H,5-6,11-12,15-16,19-22H2,1-4H3,(H,32,33,34). The maximum absolute atomic E-state index is 13.0. The summed E-state index contributed by atoms with van der Waals surface area (Å²) >= 11 is 0. The van der Waals surface area contributed by atoms with Gasteiger partial charge in [-0.05, 0) is 80.8 Å². The first-order valence-electron chi connectivity index (χ1n) is 14.3. The highest BCUT2D eigenvalue weighted by atomic mass is 32.2. The van der Waals surface area contributed by atoms with Gasteiger partial charge in [0.2, 0.25) is 16.0 Å². The third kappa shape index (κ3) is 7.47. The summed E-state index contributed by atoms with van der Waals surface area (Å²) in [6.45, 7) is 6.84. The quantitative estimate of drug-likeness (QED) is 0.299. The Morgan fingerprint density at radius 1 is 0.897 bits per heavy atom. The lowest BCUT2D eigenvalue weighted by molar-refractivity contribution is 0.324. The molecule has 0 bridgehead atoms. The zero-order valence-corrected chi connectivity index (χ0v) is 24.7. The van der Waals surface area contributed by atoms with Crippen LogP contribution in [-0.4, -0.2) is 62.5 Å². The minimum atomic E-state index is -3.43. The van der Waals surface area contributed by atoms with Crippen LogP contribution in [-0.2, 0) is 16.6 Å². The molecular weight excluding hydrogens is 508 g/mol. The third-order valence-electron chi connectivity index (χ3n) is 7.46. The summed E-state index contributed by atoms with van der Waals surface area (Å²) in [6, 6.07) is 15.9. The summed E-state index contributed by atoms with van der Waals surface area (Å²) in [5.41, 5.74) is 2.06. The van der Waals surface area contributed by atoms with Crippen molar-refractivity contribution in [2.75, 3.05) is 43.9 Å². The maximum Gasteiger partial charge on any atom is 0.243 e. The van der Waals surface area contributed by atoms with E-state index in [1.807, 2.05) is 63.2 Å². The summed E-state index contributed by atoms with van der Waals surface area (Å²) in [7, 11) is 0.601. The number of hydrogen-bond acceptors (Lipinski definition) is 7. The average Bonchev–Trinajstić information content (AvgIpc) is 2.93. The predicted octanol–water partition coefficient (Wildman–Crippen LogP) is 5.27. The zero-order chi connectivity index (χ0) is 27.8. The highest BCUT2D eigenvalue weighted by Gasteiger charge is 2.24. The van der Waals surface area contributed by atoms with Crippen molar-refractivity contribution in [1.82, 2.24) is 19.6 Å². The van der Waals surface area contributed by atoms with Gasteiger partial charge in [0, 0.05) is 45.2 Å². The van der Waals surface area contributed by atoms with Crippen molar-refractivity contribution >= 4 is 32.7 Å². The number of anilines is 2. The minimum absolute atomic E-state index is 0.381. The van der Waals surface area contributed by atoms with Gasteiger partial charge in [-0.15, -0.1) is 0 Å². The molecule has 9 heteroatoms. The Labute approximate surface area is 234 Å². The number of para-hydroxylation sites is 1. The second-order valence-electron chi connectivity index (χ2n) is 10.8. The fourth-order valence-corrected chi connectivity index (χ4v) is 6.98. The van der Waals surface area contributed by atoms with Gasteiger partial charge in [0.15, 0.2) is 0 Å². The van der Waals surface area contributed by atoms with Crippen molar-refractivity contribution in [3.63, 3.8) is 0 Å². The SMILES string of the molecule is CCCN(CCC)S(=O)(=O)c1ccc(CNCC2CCC(Nc3nc(N(C)C)c4ccccc4n3)CC2)cc1. The minimum Gasteiger partial charge on any atom is -0.362 e. The number of fused-ring (bicyclic) bond motifs is 1. The number of nitrogens with zero attached hydrogens (tertiary/aromatic N) is 4. The van der Waals surface area contributed by atoms with Crippen LogP contribution in [0.25, 0.3) is 10.9 Å². The van der Waals surface area contributed by atoms with Crippen molar-refractivity contribution < 1.29 is 8.42 Å². The van der Waals surface area contributed by atoms with Gasteiger partial charge < -0.3 is 15.5 Å². The Balaban J connectivity index is 1.24. The molecule has 212 valence electrons. The normalized spacial score (nSPS) is 18.0. The van der Waals surface area contributed by atoms with Crippen LogP contribution in [0.15, 0.2) is 53.4 Å². The molecule has 0 aliphatic heterocycles. The molecule has 1 fully saturated rings. The molecule has 8 nitrogen and oxygen atoms in total. The van der Waals surface area contributed by atoms with E-state index in [4.69, 9.17) is 9.97 Å². The van der Waals surface area contributed by atoms with Gasteiger partial charge >= 0.3 is 0 Å². The number of nitrogens with one attached hydrogen (secondary N) is 2. The molecule has 2 N–H and O–H groups in total. The third-order valence-corrected chi connectivity index (χ3v) is 9.37. The number of rotatable bonds is 13. The maximum atomic E-state index is 13.0. The van der Waals surface area contributed by atoms with Gasteiger partial charge in [-0.2, -0.15) is 9.29 Å². The predicted molar refractivity (Wildman–Crippen MR) is 161 cm³/mol. The van der Waals surface area contributed by atoms with E-state index in [-0.39, 0.29) is 0 Å². The van der Waals surface area contributed by atoms with Gasteiger partial charge in [-0.1, -0.05) is 38.1 Å². The largest absolute Gasteiger partial charge is 0.362 e. The van der Waals surface area contributed by atoms with Crippen molar-refractivity contribution in [2.45, 2.75) is 69.9 Å². The number of aromatic nitrogens is 2. The van der Waals surface area contributed by atoms with E-state index in [9.17, 15) is 8.42 Å². The molecule has 4 rings (SSSR count). The molecule has 1 aromatic heterocycles. The molecule has 0 amide bonds. The van der Waals surface area contributed by atoms with Crippen LogP contribution in [0, 0.1) is 5.92 Å². The number of sulfonamides is 1. The molecule has 1 aliphatic carbocycles. The van der Waals surface area contributed by atoms with Crippen LogP contribution in [0.3, 0.4) is 0 Å². The van der Waals surface area contributed by atoms with Crippen molar-refractivity contribution in [3.8, 4) is 0 Å². The molecule has 2 aromatic carbocycles. The summed E-state index contributed by atoms with van der Waals surface area (Å²) in [5.74, 6) is 2.28. The van der Waals surface area contributed by atoms with Crippen molar-refractivity contribution in [2.24, 2.45) is 5.92 Å². The van der Waals surface area contributed by atoms with Crippen LogP contribution >= 0.6 is 0 Å². The Hall–Kier alpha value is -2.75. The highest BCUT2D eigenvalue weighted by molar-refractivity contribution is 7.89. The molecule has 0 saturated heterocycles. The van der Waals surface area contributed by atoms with Gasteiger partial charge in [0.25, 0.3) is 0 Å². The molecule has 1 aliphatic rings. The topological polar surface area (TPSA) is 90.5 Å². The van der Waals surface area contributed by atoms with Gasteiger partial charge in [0.05, 0.1) is 10.4 Å². The molecule has 3 aromatic rings. The lowest BCUT2D eigenvalue weighted by Crippen LogP contribution is -2.32. The van der Waals surface area contributed by atoms with E-state index in [0.717, 1.165) is 73.9 Å². The van der Waals surface area contributed by atoms with Crippen molar-refractivity contribution in [1.29, 1.82) is 0 Å². The fourth-order valence-electron chi connectivity index (χ4n) is 5.36. The molecular formula is C30H44N6O2S. The molecule has 0 unspecified atom stereocenters. The number of benzene rings is 2. The zero-order valence-electron chi connectivity index (χ0n) is 23.9. The van der Waals surface area contributed by atoms with Crippen molar-refractivity contribution in [3.05, 3.63) is 54.1 Å². The second-order valence-corrected chi connectivity index (χ2v) is 12.8. The Bertz CT molecular complexity index is 1300. The molecule has 1 heterocycles. The van der Waals surface area contributed by atoms with E-state index in [1.54, 1.807) is 16.4 Å². The van der Waals surface area contributed by atoms with Crippen LogP contribution in [0.1, 0.15) is 57.9 Å². The highest BCUT2D eigenvalue weighted by Crippen LogP contribution is 2.28. The van der Waals surface area contributed by atoms with E-state index in [2.05, 4.69) is 16.7 Å². The summed E-state index contributed by atoms with van der Waals surface area (Å²) in [6.07, 6.45) is 6.12. The lowest BCUT2D eigenvalue weighted by atomic mass is 9.86. The summed E-state index contributed by atoms with van der Waals surface area (Å²) in [5, 5.41) is 8.24. The second kappa shape index (κ2) is 13.5. The first-order chi connectivity index (χ1) is 18.8. The molecule has 0 spiro atoms. The Morgan fingerprint density at radius 2 is 1.56 bits per heavy atom. The summed E-state index contributed by atoms with van der Waals surface area (Å²) < 4.78 is 27.6. The molecule has 1 saturated carbocycles. The summed E-state index contributed by atoms with van der Waals surface area (Å²) in [4.78, 5) is 12.0. The van der Waals surface area contributed by atoms with Gasteiger partial charge in [-0.3, -0.25) is 0 Å². The Morgan fingerprint density at radius 3 is 2.21 bits per heavy atom. The van der Waals surface area contributed by atoms with Crippen LogP contribution < -0.4 is 15.5 Å². The molecule has 0 radical (unpaired) electrons. The van der Waals surface area contributed by atoms with E-state index in [1.165, 1.54) is 0 Å². The van der Waals surface area contributed by atoms with Crippen LogP contribution in [0.5, 0.6) is 0 Å². The Kier molecular flexibility index (Phi) is 10.2. The van der Waals surface area contributed by atoms with E-state index >= 15 is 0 Å². The van der Waals surface area contributed by atoms with E-state index < -0.39 is 10.0 Å². The van der Waals surface area contributed by atoms with E-state index in [0.29, 0.717) is 35.9 Å². The van der Waals surface area contributed by atoms with Crippen LogP contribution in [0.4, 0.5) is 11.8 Å². The molecule has 39 heavy (non-hydrogen) atoms. The monoisotopic (exact) mass is 552 g/mol. The smallest absolute Gasteiger partial charge is 0.243 e. The average molecular weight is 553 g/mol. The lowest BCUT2D eigenvalue weighted by Gasteiger charge is -2.29. The fraction of sp³-hybridized carbons (Fsp3) is 0.533. The first kappa shape index (κ1) is 29.2. The number of hydrogen-bond donors (Lipinski definition) is 2. The van der Waals surface area contributed by atoms with Gasteiger partial charge in [-0.25, -0.2) is 13.4 Å². The van der Waals surface area contributed by atoms with Crippen LogP contribution in [0.2, 0.25) is 0 Å². The first-order valence-corrected chi connectivity index (χ1v) is 15.8.